The largest absolute Gasteiger partial charge is 0.353 e. The molecule has 1 saturated heterocycles. The fourth-order valence-electron chi connectivity index (χ4n) is 3.75. The second-order valence-corrected chi connectivity index (χ2v) is 9.38. The van der Waals surface area contributed by atoms with Crippen molar-refractivity contribution in [3.05, 3.63) is 41.9 Å². The molecule has 9 heteroatoms. The number of sulfonamides is 1. The number of benzene rings is 1. The van der Waals surface area contributed by atoms with Gasteiger partial charge in [-0.2, -0.15) is 9.40 Å². The Morgan fingerprint density at radius 2 is 1.72 bits per heavy atom. The fourth-order valence-corrected chi connectivity index (χ4v) is 4.58. The van der Waals surface area contributed by atoms with Gasteiger partial charge in [0.15, 0.2) is 5.65 Å². The first kappa shape index (κ1) is 19.8. The van der Waals surface area contributed by atoms with Gasteiger partial charge in [-0.15, -0.1) is 0 Å². The number of hydrogen-bond acceptors (Lipinski definition) is 6. The fraction of sp³-hybridized carbons (Fsp3) is 0.450. The molecule has 154 valence electrons. The SMILES string of the molecule is CCCc1nc(N2CCN(S(C)(=O)=O)CC2)c2c(C)nn(-c3ccccc3)c2n1. The van der Waals surface area contributed by atoms with Crippen LogP contribution in [-0.4, -0.2) is 64.9 Å². The number of hydrogen-bond donors (Lipinski definition) is 0. The zero-order chi connectivity index (χ0) is 20.6. The quantitative estimate of drug-likeness (QED) is 0.636. The average Bonchev–Trinajstić information content (AvgIpc) is 3.04. The summed E-state index contributed by atoms with van der Waals surface area (Å²) in [5.41, 5.74) is 2.62. The van der Waals surface area contributed by atoms with Crippen LogP contribution in [0.5, 0.6) is 0 Å². The van der Waals surface area contributed by atoms with Crippen molar-refractivity contribution in [2.45, 2.75) is 26.7 Å². The van der Waals surface area contributed by atoms with E-state index >= 15 is 0 Å². The number of aromatic nitrogens is 4. The van der Waals surface area contributed by atoms with Crippen LogP contribution in [0.25, 0.3) is 16.7 Å². The molecule has 2 aromatic heterocycles. The lowest BCUT2D eigenvalue weighted by atomic mass is 10.2. The molecule has 8 nitrogen and oxygen atoms in total. The number of anilines is 1. The van der Waals surface area contributed by atoms with Crippen molar-refractivity contribution in [3.8, 4) is 5.69 Å². The Labute approximate surface area is 171 Å². The number of rotatable bonds is 5. The number of para-hydroxylation sites is 1. The topological polar surface area (TPSA) is 84.2 Å². The average molecular weight is 415 g/mol. The van der Waals surface area contributed by atoms with E-state index in [1.54, 1.807) is 0 Å². The summed E-state index contributed by atoms with van der Waals surface area (Å²) in [5.74, 6) is 1.64. The van der Waals surface area contributed by atoms with Crippen LogP contribution < -0.4 is 4.90 Å². The minimum absolute atomic E-state index is 0.458. The Morgan fingerprint density at radius 3 is 2.34 bits per heavy atom. The first-order chi connectivity index (χ1) is 13.9. The number of fused-ring (bicyclic) bond motifs is 1. The maximum Gasteiger partial charge on any atom is 0.211 e. The van der Waals surface area contributed by atoms with Gasteiger partial charge in [0.05, 0.1) is 23.0 Å². The van der Waals surface area contributed by atoms with Gasteiger partial charge in [-0.1, -0.05) is 25.1 Å². The van der Waals surface area contributed by atoms with E-state index in [9.17, 15) is 8.42 Å². The molecule has 0 N–H and O–H groups in total. The molecule has 29 heavy (non-hydrogen) atoms. The Hall–Kier alpha value is -2.52. The molecule has 3 aromatic rings. The third kappa shape index (κ3) is 3.84. The van der Waals surface area contributed by atoms with E-state index in [2.05, 4.69) is 11.8 Å². The Morgan fingerprint density at radius 1 is 1.03 bits per heavy atom. The summed E-state index contributed by atoms with van der Waals surface area (Å²) in [4.78, 5) is 11.9. The summed E-state index contributed by atoms with van der Waals surface area (Å²) in [6, 6.07) is 9.97. The molecule has 1 aromatic carbocycles. The van der Waals surface area contributed by atoms with Crippen molar-refractivity contribution in [1.29, 1.82) is 0 Å². The van der Waals surface area contributed by atoms with Crippen LogP contribution in [0.4, 0.5) is 5.82 Å². The minimum Gasteiger partial charge on any atom is -0.353 e. The van der Waals surface area contributed by atoms with E-state index < -0.39 is 10.0 Å². The summed E-state index contributed by atoms with van der Waals surface area (Å²) in [7, 11) is -3.17. The summed E-state index contributed by atoms with van der Waals surface area (Å²) < 4.78 is 27.1. The second kappa shape index (κ2) is 7.72. The molecule has 0 amide bonds. The zero-order valence-electron chi connectivity index (χ0n) is 17.0. The predicted octanol–water partition coefficient (Wildman–Crippen LogP) is 2.16. The molecule has 0 atom stereocenters. The number of nitrogens with zero attached hydrogens (tertiary/aromatic N) is 6. The van der Waals surface area contributed by atoms with Gasteiger partial charge in [0, 0.05) is 32.6 Å². The monoisotopic (exact) mass is 414 g/mol. The van der Waals surface area contributed by atoms with Gasteiger partial charge in [-0.05, 0) is 25.5 Å². The Bertz CT molecular complexity index is 1120. The second-order valence-electron chi connectivity index (χ2n) is 7.39. The molecule has 1 aliphatic rings. The van der Waals surface area contributed by atoms with Crippen LogP contribution in [0.2, 0.25) is 0 Å². The molecular formula is C20H26N6O2S. The van der Waals surface area contributed by atoms with Gasteiger partial charge in [0.25, 0.3) is 0 Å². The van der Waals surface area contributed by atoms with E-state index in [0.29, 0.717) is 26.2 Å². The molecule has 0 bridgehead atoms. The highest BCUT2D eigenvalue weighted by atomic mass is 32.2. The van der Waals surface area contributed by atoms with Crippen molar-refractivity contribution in [3.63, 3.8) is 0 Å². The number of piperazine rings is 1. The van der Waals surface area contributed by atoms with Gasteiger partial charge < -0.3 is 4.90 Å². The van der Waals surface area contributed by atoms with Gasteiger partial charge >= 0.3 is 0 Å². The van der Waals surface area contributed by atoms with Crippen molar-refractivity contribution in [2.75, 3.05) is 37.3 Å². The summed E-state index contributed by atoms with van der Waals surface area (Å²) in [5, 5.41) is 5.68. The van der Waals surface area contributed by atoms with E-state index in [-0.39, 0.29) is 0 Å². The molecule has 0 saturated carbocycles. The van der Waals surface area contributed by atoms with Crippen LogP contribution in [0, 0.1) is 6.92 Å². The molecule has 0 radical (unpaired) electrons. The smallest absolute Gasteiger partial charge is 0.211 e. The standard InChI is InChI=1S/C20H26N6O2S/c1-4-8-17-21-19(24-11-13-25(14-12-24)29(3,27)28)18-15(2)23-26(20(18)22-17)16-9-6-5-7-10-16/h5-7,9-10H,4,8,11-14H2,1-3H3. The van der Waals surface area contributed by atoms with Crippen LogP contribution in [0.3, 0.4) is 0 Å². The molecule has 4 rings (SSSR count). The van der Waals surface area contributed by atoms with E-state index in [1.165, 1.54) is 10.6 Å². The van der Waals surface area contributed by atoms with Crippen molar-refractivity contribution < 1.29 is 8.42 Å². The summed E-state index contributed by atoms with van der Waals surface area (Å²) in [6.07, 6.45) is 3.00. The molecule has 3 heterocycles. The van der Waals surface area contributed by atoms with Gasteiger partial charge in [-0.25, -0.2) is 23.1 Å². The highest BCUT2D eigenvalue weighted by Crippen LogP contribution is 2.30. The summed E-state index contributed by atoms with van der Waals surface area (Å²) >= 11 is 0. The highest BCUT2D eigenvalue weighted by molar-refractivity contribution is 7.88. The van der Waals surface area contributed by atoms with Crippen LogP contribution in [-0.2, 0) is 16.4 Å². The van der Waals surface area contributed by atoms with Gasteiger partial charge in [0.2, 0.25) is 10.0 Å². The van der Waals surface area contributed by atoms with E-state index in [0.717, 1.165) is 46.9 Å². The van der Waals surface area contributed by atoms with E-state index in [1.807, 2.05) is 41.9 Å². The lowest BCUT2D eigenvalue weighted by molar-refractivity contribution is 0.387. The number of aryl methyl sites for hydroxylation is 2. The molecule has 1 fully saturated rings. The van der Waals surface area contributed by atoms with Crippen LogP contribution in [0.1, 0.15) is 24.9 Å². The first-order valence-corrected chi connectivity index (χ1v) is 11.7. The molecule has 1 aliphatic heterocycles. The Kier molecular flexibility index (Phi) is 5.26. The van der Waals surface area contributed by atoms with Crippen molar-refractivity contribution in [2.24, 2.45) is 0 Å². The predicted molar refractivity (Wildman–Crippen MR) is 114 cm³/mol. The highest BCUT2D eigenvalue weighted by Gasteiger charge is 2.27. The van der Waals surface area contributed by atoms with E-state index in [4.69, 9.17) is 15.1 Å². The third-order valence-electron chi connectivity index (χ3n) is 5.21. The summed E-state index contributed by atoms with van der Waals surface area (Å²) in [6.45, 7) is 6.19. The first-order valence-electron chi connectivity index (χ1n) is 9.90. The normalized spacial score (nSPS) is 15.9. The lowest BCUT2D eigenvalue weighted by Crippen LogP contribution is -2.48. The van der Waals surface area contributed by atoms with Gasteiger partial charge in [0.1, 0.15) is 11.6 Å². The van der Waals surface area contributed by atoms with Gasteiger partial charge in [-0.3, -0.25) is 0 Å². The maximum atomic E-state index is 11.9. The molecule has 0 unspecified atom stereocenters. The molecular weight excluding hydrogens is 388 g/mol. The molecule has 0 spiro atoms. The Balaban J connectivity index is 1.81. The maximum absolute atomic E-state index is 11.9. The lowest BCUT2D eigenvalue weighted by Gasteiger charge is -2.34. The molecule has 0 aliphatic carbocycles. The minimum atomic E-state index is -3.17. The van der Waals surface area contributed by atoms with Crippen LogP contribution >= 0.6 is 0 Å². The van der Waals surface area contributed by atoms with Crippen LogP contribution in [0.15, 0.2) is 30.3 Å². The zero-order valence-corrected chi connectivity index (χ0v) is 17.9. The third-order valence-corrected chi connectivity index (χ3v) is 6.51. The van der Waals surface area contributed by atoms with Crippen molar-refractivity contribution >= 4 is 26.9 Å². The van der Waals surface area contributed by atoms with Crippen molar-refractivity contribution in [1.82, 2.24) is 24.1 Å².